The first-order valence-corrected chi connectivity index (χ1v) is 16.0. The summed E-state index contributed by atoms with van der Waals surface area (Å²) in [5, 5.41) is 13.7. The number of thioether (sulfide) groups is 1. The summed E-state index contributed by atoms with van der Waals surface area (Å²) in [6.07, 6.45) is 6.97. The molecular formula is C33H44N2O5S. The molecule has 2 atom stereocenters. The molecule has 1 fully saturated rings. The van der Waals surface area contributed by atoms with Crippen LogP contribution in [0.1, 0.15) is 86.5 Å². The fourth-order valence-corrected chi connectivity index (χ4v) is 6.46. The quantitative estimate of drug-likeness (QED) is 0.187. The smallest absolute Gasteiger partial charge is 0.305 e. The molecule has 1 amide bonds. The fraction of sp³-hybridized carbons (Fsp3) is 0.515. The number of fused-ring (bicyclic) bond motifs is 1. The van der Waals surface area contributed by atoms with Crippen molar-refractivity contribution in [1.82, 2.24) is 4.90 Å². The van der Waals surface area contributed by atoms with E-state index in [0.29, 0.717) is 11.5 Å². The number of hydrogen-bond donors (Lipinski definition) is 2. The van der Waals surface area contributed by atoms with E-state index >= 15 is 0 Å². The molecule has 2 aromatic carbocycles. The molecule has 1 aromatic heterocycles. The minimum atomic E-state index is -0.920. The van der Waals surface area contributed by atoms with Gasteiger partial charge in [-0.15, -0.1) is 0 Å². The molecule has 1 aliphatic heterocycles. The number of aryl methyl sites for hydroxylation is 1. The van der Waals surface area contributed by atoms with Crippen molar-refractivity contribution < 1.29 is 23.8 Å². The van der Waals surface area contributed by atoms with Crippen LogP contribution in [0.2, 0.25) is 0 Å². The van der Waals surface area contributed by atoms with Gasteiger partial charge in [0.1, 0.15) is 23.2 Å². The lowest BCUT2D eigenvalue weighted by Gasteiger charge is -2.25. The highest BCUT2D eigenvalue weighted by molar-refractivity contribution is 7.99. The highest BCUT2D eigenvalue weighted by atomic mass is 32.2. The Kier molecular flexibility index (Phi) is 11.0. The van der Waals surface area contributed by atoms with Gasteiger partial charge in [-0.3, -0.25) is 9.59 Å². The Hall–Kier alpha value is -3.13. The number of nitrogens with one attached hydrogen (secondary N) is 1. The van der Waals surface area contributed by atoms with Crippen LogP contribution in [0.3, 0.4) is 0 Å². The van der Waals surface area contributed by atoms with Crippen molar-refractivity contribution in [2.45, 2.75) is 77.9 Å². The molecule has 41 heavy (non-hydrogen) atoms. The molecule has 3 aromatic rings. The van der Waals surface area contributed by atoms with Crippen molar-refractivity contribution in [2.24, 2.45) is 5.92 Å². The largest absolute Gasteiger partial charge is 0.490 e. The molecule has 222 valence electrons. The second-order valence-corrected chi connectivity index (χ2v) is 12.4. The normalized spacial score (nSPS) is 15.4. The number of hydrogen-bond acceptors (Lipinski definition) is 6. The van der Waals surface area contributed by atoms with Gasteiger partial charge in [0.05, 0.1) is 12.5 Å². The third-order valence-electron chi connectivity index (χ3n) is 7.99. The monoisotopic (exact) mass is 580 g/mol. The van der Waals surface area contributed by atoms with Crippen LogP contribution in [0.5, 0.6) is 5.75 Å². The number of unbranched alkanes of at least 4 members (excludes halogenated alkanes) is 2. The number of rotatable bonds is 14. The summed E-state index contributed by atoms with van der Waals surface area (Å²) < 4.78 is 12.9. The zero-order valence-corrected chi connectivity index (χ0v) is 25.6. The Bertz CT molecular complexity index is 1300. The maximum atomic E-state index is 12.8. The summed E-state index contributed by atoms with van der Waals surface area (Å²) in [6, 6.07) is 13.5. The van der Waals surface area contributed by atoms with Gasteiger partial charge in [-0.2, -0.15) is 11.8 Å². The minimum Gasteiger partial charge on any atom is -0.490 e. The number of ether oxygens (including phenoxy) is 1. The first-order valence-electron chi connectivity index (χ1n) is 14.9. The number of carboxylic acids is 1. The number of furan rings is 1. The molecule has 4 rings (SSSR count). The third kappa shape index (κ3) is 8.22. The molecule has 2 heterocycles. The summed E-state index contributed by atoms with van der Waals surface area (Å²) in [5.74, 6) is 3.35. The Morgan fingerprint density at radius 1 is 1.15 bits per heavy atom. The van der Waals surface area contributed by atoms with E-state index in [1.54, 1.807) is 19.2 Å². The maximum absolute atomic E-state index is 12.8. The average molecular weight is 581 g/mol. The number of nitrogens with zero attached hydrogens (tertiary/aromatic N) is 1. The summed E-state index contributed by atoms with van der Waals surface area (Å²) in [5.41, 5.74) is 3.42. The average Bonchev–Trinajstić information content (AvgIpc) is 3.30. The van der Waals surface area contributed by atoms with Gasteiger partial charge < -0.3 is 24.5 Å². The van der Waals surface area contributed by atoms with Gasteiger partial charge in [0.2, 0.25) is 0 Å². The van der Waals surface area contributed by atoms with E-state index in [9.17, 15) is 9.59 Å². The van der Waals surface area contributed by atoms with Crippen LogP contribution in [0.15, 0.2) is 46.9 Å². The summed E-state index contributed by atoms with van der Waals surface area (Å²) >= 11 is 2.00. The molecule has 0 saturated carbocycles. The summed E-state index contributed by atoms with van der Waals surface area (Å²) in [6.45, 7) is 6.79. The molecule has 0 aliphatic carbocycles. The van der Waals surface area contributed by atoms with E-state index in [1.165, 1.54) is 17.7 Å². The number of carboxylic acid groups (broad SMARTS) is 1. The lowest BCUT2D eigenvalue weighted by molar-refractivity contribution is -0.137. The van der Waals surface area contributed by atoms with Crippen molar-refractivity contribution >= 4 is 40.3 Å². The molecule has 0 spiro atoms. The van der Waals surface area contributed by atoms with Crippen LogP contribution in [-0.2, 0) is 4.79 Å². The van der Waals surface area contributed by atoms with Gasteiger partial charge in [-0.05, 0) is 86.1 Å². The van der Waals surface area contributed by atoms with E-state index in [2.05, 4.69) is 32.2 Å². The van der Waals surface area contributed by atoms with Crippen molar-refractivity contribution in [2.75, 3.05) is 30.4 Å². The lowest BCUT2D eigenvalue weighted by Crippen LogP contribution is -2.29. The standard InChI is InChI=1S/C33H44N2O5S/c1-5-6-7-8-22(2)31(34-25-11-9-24(10-12-25)33(38)35(4)18-15-30(36)37)32-23(3)28-21-27(13-14-29(28)40-32)39-26-16-19-41-20-17-26/h9-14,21-22,26,31,34H,5-8,15-20H2,1-4H3,(H,36,37). The fourth-order valence-electron chi connectivity index (χ4n) is 5.40. The molecule has 2 N–H and O–H groups in total. The van der Waals surface area contributed by atoms with Crippen LogP contribution >= 0.6 is 11.8 Å². The van der Waals surface area contributed by atoms with Crippen molar-refractivity contribution in [3.8, 4) is 5.75 Å². The molecule has 1 aliphatic rings. The molecule has 7 nitrogen and oxygen atoms in total. The number of anilines is 1. The van der Waals surface area contributed by atoms with Crippen molar-refractivity contribution in [3.05, 3.63) is 59.4 Å². The Morgan fingerprint density at radius 2 is 1.88 bits per heavy atom. The molecule has 0 radical (unpaired) electrons. The molecular weight excluding hydrogens is 536 g/mol. The number of carbonyl (C=O) groups excluding carboxylic acids is 1. The number of amides is 1. The van der Waals surface area contributed by atoms with E-state index in [1.807, 2.05) is 36.0 Å². The van der Waals surface area contributed by atoms with Crippen molar-refractivity contribution in [3.63, 3.8) is 0 Å². The first-order chi connectivity index (χ1) is 19.8. The molecule has 8 heteroatoms. The first kappa shape index (κ1) is 30.8. The van der Waals surface area contributed by atoms with E-state index in [-0.39, 0.29) is 31.0 Å². The van der Waals surface area contributed by atoms with Crippen molar-refractivity contribution in [1.29, 1.82) is 0 Å². The highest BCUT2D eigenvalue weighted by Gasteiger charge is 2.26. The third-order valence-corrected chi connectivity index (χ3v) is 9.04. The van der Waals surface area contributed by atoms with Gasteiger partial charge in [0.25, 0.3) is 5.91 Å². The molecule has 2 unspecified atom stereocenters. The number of carbonyl (C=O) groups is 2. The topological polar surface area (TPSA) is 92.0 Å². The Morgan fingerprint density at radius 3 is 2.56 bits per heavy atom. The highest BCUT2D eigenvalue weighted by Crippen LogP contribution is 2.38. The van der Waals surface area contributed by atoms with E-state index in [0.717, 1.165) is 70.9 Å². The molecule has 0 bridgehead atoms. The summed E-state index contributed by atoms with van der Waals surface area (Å²) in [4.78, 5) is 25.1. The van der Waals surface area contributed by atoms with Gasteiger partial charge in [-0.1, -0.05) is 33.1 Å². The van der Waals surface area contributed by atoms with Crippen LogP contribution < -0.4 is 10.1 Å². The van der Waals surface area contributed by atoms with Crippen LogP contribution in [0.4, 0.5) is 5.69 Å². The lowest BCUT2D eigenvalue weighted by atomic mass is 9.91. The predicted molar refractivity (Wildman–Crippen MR) is 167 cm³/mol. The molecule has 1 saturated heterocycles. The van der Waals surface area contributed by atoms with Crippen LogP contribution in [-0.4, -0.2) is 53.1 Å². The van der Waals surface area contributed by atoms with Gasteiger partial charge in [0, 0.05) is 35.8 Å². The number of aliphatic carboxylic acids is 1. The van der Waals surface area contributed by atoms with E-state index < -0.39 is 5.97 Å². The zero-order chi connectivity index (χ0) is 29.4. The zero-order valence-electron chi connectivity index (χ0n) is 24.8. The van der Waals surface area contributed by atoms with Crippen LogP contribution in [0, 0.1) is 12.8 Å². The Balaban J connectivity index is 1.55. The number of benzene rings is 2. The second-order valence-electron chi connectivity index (χ2n) is 11.2. The van der Waals surface area contributed by atoms with Gasteiger partial charge >= 0.3 is 5.97 Å². The maximum Gasteiger partial charge on any atom is 0.305 e. The van der Waals surface area contributed by atoms with E-state index in [4.69, 9.17) is 14.3 Å². The van der Waals surface area contributed by atoms with Crippen LogP contribution in [0.25, 0.3) is 11.0 Å². The van der Waals surface area contributed by atoms with Gasteiger partial charge in [-0.25, -0.2) is 0 Å². The SMILES string of the molecule is CCCCCC(C)C(Nc1ccc(C(=O)N(C)CCC(=O)O)cc1)c1oc2ccc(OC3CCSCC3)cc2c1C. The van der Waals surface area contributed by atoms with Gasteiger partial charge in [0.15, 0.2) is 0 Å². The Labute approximate surface area is 248 Å². The minimum absolute atomic E-state index is 0.0428. The summed E-state index contributed by atoms with van der Waals surface area (Å²) in [7, 11) is 1.63. The second kappa shape index (κ2) is 14.7. The predicted octanol–water partition coefficient (Wildman–Crippen LogP) is 7.93.